The van der Waals surface area contributed by atoms with Crippen LogP contribution in [0.2, 0.25) is 0 Å². The number of rotatable bonds is 12. The third-order valence-electron chi connectivity index (χ3n) is 5.79. The Labute approximate surface area is 244 Å². The molecule has 3 aromatic carbocycles. The fourth-order valence-electron chi connectivity index (χ4n) is 3.79. The van der Waals surface area contributed by atoms with Gasteiger partial charge in [-0.1, -0.05) is 23.9 Å². The Morgan fingerprint density at radius 2 is 1.67 bits per heavy atom. The molecule has 0 unspecified atom stereocenters. The van der Waals surface area contributed by atoms with Gasteiger partial charge in [0.15, 0.2) is 11.0 Å². The molecule has 0 atom stereocenters. The second-order valence-electron chi connectivity index (χ2n) is 8.53. The molecule has 0 bridgehead atoms. The van der Waals surface area contributed by atoms with Crippen molar-refractivity contribution >= 4 is 40.9 Å². The highest BCUT2D eigenvalue weighted by Gasteiger charge is 2.20. The van der Waals surface area contributed by atoms with E-state index in [0.29, 0.717) is 33.7 Å². The minimum atomic E-state index is -0.543. The van der Waals surface area contributed by atoms with Crippen LogP contribution >= 0.6 is 11.8 Å². The first-order valence-electron chi connectivity index (χ1n) is 12.6. The number of carbonyl (C=O) groups excluding carboxylic acids is 3. The molecule has 0 aliphatic rings. The van der Waals surface area contributed by atoms with Crippen molar-refractivity contribution in [3.63, 3.8) is 0 Å². The Morgan fingerprint density at radius 3 is 2.33 bits per heavy atom. The molecule has 2 amide bonds. The average molecular weight is 591 g/mol. The van der Waals surface area contributed by atoms with Gasteiger partial charge in [-0.2, -0.15) is 0 Å². The third-order valence-corrected chi connectivity index (χ3v) is 6.71. The van der Waals surface area contributed by atoms with Crippen LogP contribution < -0.4 is 15.4 Å². The van der Waals surface area contributed by atoms with E-state index in [4.69, 9.17) is 9.47 Å². The highest BCUT2D eigenvalue weighted by atomic mass is 32.2. The fourth-order valence-corrected chi connectivity index (χ4v) is 4.56. The van der Waals surface area contributed by atoms with Crippen molar-refractivity contribution in [3.05, 3.63) is 99.9 Å². The number of amides is 2. The normalized spacial score (nSPS) is 10.5. The first-order chi connectivity index (χ1) is 20.3. The van der Waals surface area contributed by atoms with Crippen molar-refractivity contribution < 1.29 is 28.8 Å². The van der Waals surface area contributed by atoms with E-state index in [2.05, 4.69) is 20.8 Å². The molecule has 0 saturated carbocycles. The van der Waals surface area contributed by atoms with Crippen LogP contribution in [0.25, 0.3) is 5.69 Å². The van der Waals surface area contributed by atoms with Gasteiger partial charge in [-0.3, -0.25) is 24.3 Å². The minimum Gasteiger partial charge on any atom is -0.495 e. The molecule has 2 N–H and O–H groups in total. The molecule has 14 heteroatoms. The molecule has 0 saturated heterocycles. The monoisotopic (exact) mass is 590 g/mol. The number of esters is 1. The summed E-state index contributed by atoms with van der Waals surface area (Å²) in [4.78, 5) is 47.6. The molecule has 0 radical (unpaired) electrons. The highest BCUT2D eigenvalue weighted by Crippen LogP contribution is 2.29. The Hall–Kier alpha value is -5.24. The molecule has 1 aromatic heterocycles. The summed E-state index contributed by atoms with van der Waals surface area (Å²) >= 11 is 1.13. The number of benzene rings is 3. The predicted molar refractivity (Wildman–Crippen MR) is 154 cm³/mol. The minimum absolute atomic E-state index is 0.0118. The number of nitrogens with one attached hydrogen (secondary N) is 2. The van der Waals surface area contributed by atoms with Gasteiger partial charge in [0.1, 0.15) is 5.75 Å². The number of para-hydroxylation sites is 2. The van der Waals surface area contributed by atoms with Crippen LogP contribution in [0, 0.1) is 10.1 Å². The maximum absolute atomic E-state index is 12.7. The number of non-ortho nitro benzene ring substituents is 1. The van der Waals surface area contributed by atoms with Crippen molar-refractivity contribution in [2.75, 3.05) is 24.8 Å². The summed E-state index contributed by atoms with van der Waals surface area (Å²) in [6.07, 6.45) is 0. The summed E-state index contributed by atoms with van der Waals surface area (Å²) in [5, 5.41) is 25.3. The zero-order chi connectivity index (χ0) is 30.1. The molecule has 0 spiro atoms. The standard InChI is InChI=1S/C28H26N6O7S/c1-3-41-27(37)19-8-12-20(13-9-19)30-25(35)17-42-28-32-31-24(33(28)22-6-4-5-7-23(22)40-2)16-29-26(36)18-10-14-21(15-11-18)34(38)39/h4-15H,3,16-17H2,1-2H3,(H,29,36)(H,30,35). The van der Waals surface area contributed by atoms with E-state index in [1.165, 1.54) is 31.4 Å². The van der Waals surface area contributed by atoms with Gasteiger partial charge in [-0.25, -0.2) is 4.79 Å². The number of anilines is 1. The van der Waals surface area contributed by atoms with E-state index in [1.54, 1.807) is 60.0 Å². The SMILES string of the molecule is CCOC(=O)c1ccc(NC(=O)CSc2nnc(CNC(=O)c3ccc([N+](=O)[O-])cc3)n2-c2ccccc2OC)cc1. The van der Waals surface area contributed by atoms with Gasteiger partial charge in [0, 0.05) is 23.4 Å². The number of ether oxygens (including phenoxy) is 2. The van der Waals surface area contributed by atoms with Crippen LogP contribution in [0.3, 0.4) is 0 Å². The maximum atomic E-state index is 12.7. The van der Waals surface area contributed by atoms with Crippen LogP contribution in [-0.4, -0.2) is 56.9 Å². The summed E-state index contributed by atoms with van der Waals surface area (Å²) in [7, 11) is 1.52. The Kier molecular flexibility index (Phi) is 9.84. The molecule has 216 valence electrons. The molecule has 42 heavy (non-hydrogen) atoms. The lowest BCUT2D eigenvalue weighted by molar-refractivity contribution is -0.384. The van der Waals surface area contributed by atoms with Gasteiger partial charge >= 0.3 is 5.97 Å². The van der Waals surface area contributed by atoms with Gasteiger partial charge in [0.2, 0.25) is 5.91 Å². The van der Waals surface area contributed by atoms with Gasteiger partial charge < -0.3 is 20.1 Å². The van der Waals surface area contributed by atoms with Gasteiger partial charge in [0.05, 0.1) is 42.2 Å². The van der Waals surface area contributed by atoms with Crippen LogP contribution in [0.4, 0.5) is 11.4 Å². The van der Waals surface area contributed by atoms with Crippen molar-refractivity contribution in [1.82, 2.24) is 20.1 Å². The number of aromatic nitrogens is 3. The van der Waals surface area contributed by atoms with E-state index in [1.807, 2.05) is 0 Å². The fraction of sp³-hybridized carbons (Fsp3) is 0.179. The first kappa shape index (κ1) is 29.7. The van der Waals surface area contributed by atoms with Crippen LogP contribution in [0.15, 0.2) is 78.0 Å². The smallest absolute Gasteiger partial charge is 0.338 e. The van der Waals surface area contributed by atoms with E-state index in [-0.39, 0.29) is 36.1 Å². The number of hydrogen-bond donors (Lipinski definition) is 2. The summed E-state index contributed by atoms with van der Waals surface area (Å²) in [6, 6.07) is 18.7. The van der Waals surface area contributed by atoms with E-state index in [0.717, 1.165) is 11.8 Å². The number of nitro benzene ring substituents is 1. The zero-order valence-electron chi connectivity index (χ0n) is 22.6. The average Bonchev–Trinajstić information content (AvgIpc) is 3.41. The van der Waals surface area contributed by atoms with Crippen molar-refractivity contribution in [2.24, 2.45) is 0 Å². The Bertz CT molecular complexity index is 1590. The Morgan fingerprint density at radius 1 is 0.976 bits per heavy atom. The number of nitro groups is 1. The lowest BCUT2D eigenvalue weighted by atomic mass is 10.2. The molecular formula is C28H26N6O7S. The summed E-state index contributed by atoms with van der Waals surface area (Å²) < 4.78 is 12.2. The van der Waals surface area contributed by atoms with Crippen LogP contribution in [-0.2, 0) is 16.1 Å². The lowest BCUT2D eigenvalue weighted by Gasteiger charge is -2.14. The Balaban J connectivity index is 1.48. The highest BCUT2D eigenvalue weighted by molar-refractivity contribution is 7.99. The molecule has 4 aromatic rings. The van der Waals surface area contributed by atoms with Crippen LogP contribution in [0.1, 0.15) is 33.5 Å². The lowest BCUT2D eigenvalue weighted by Crippen LogP contribution is -2.24. The zero-order valence-corrected chi connectivity index (χ0v) is 23.4. The number of methoxy groups -OCH3 is 1. The van der Waals surface area contributed by atoms with Gasteiger partial charge in [-0.15, -0.1) is 10.2 Å². The summed E-state index contributed by atoms with van der Waals surface area (Å²) in [5.41, 5.74) is 1.60. The second-order valence-corrected chi connectivity index (χ2v) is 9.47. The molecule has 4 rings (SSSR count). The molecular weight excluding hydrogens is 564 g/mol. The van der Waals surface area contributed by atoms with E-state index in [9.17, 15) is 24.5 Å². The quantitative estimate of drug-likeness (QED) is 0.106. The largest absolute Gasteiger partial charge is 0.495 e. The topological polar surface area (TPSA) is 168 Å². The summed E-state index contributed by atoms with van der Waals surface area (Å²) in [6.45, 7) is 1.96. The second kappa shape index (κ2) is 13.9. The van der Waals surface area contributed by atoms with Gasteiger partial charge in [0.25, 0.3) is 11.6 Å². The molecule has 0 aliphatic carbocycles. The number of carbonyl (C=O) groups is 3. The van der Waals surface area contributed by atoms with Gasteiger partial charge in [-0.05, 0) is 55.5 Å². The molecule has 0 fully saturated rings. The van der Waals surface area contributed by atoms with E-state index >= 15 is 0 Å². The van der Waals surface area contributed by atoms with Crippen molar-refractivity contribution in [1.29, 1.82) is 0 Å². The van der Waals surface area contributed by atoms with Crippen molar-refractivity contribution in [2.45, 2.75) is 18.6 Å². The van der Waals surface area contributed by atoms with Crippen LogP contribution in [0.5, 0.6) is 5.75 Å². The molecule has 1 heterocycles. The number of hydrogen-bond acceptors (Lipinski definition) is 10. The maximum Gasteiger partial charge on any atom is 0.338 e. The predicted octanol–water partition coefficient (Wildman–Crippen LogP) is 4.02. The first-order valence-corrected chi connectivity index (χ1v) is 13.6. The third kappa shape index (κ3) is 7.28. The number of thioether (sulfide) groups is 1. The molecule has 0 aliphatic heterocycles. The van der Waals surface area contributed by atoms with Crippen molar-refractivity contribution in [3.8, 4) is 11.4 Å². The van der Waals surface area contributed by atoms with E-state index < -0.39 is 16.8 Å². The molecule has 13 nitrogen and oxygen atoms in total. The summed E-state index contributed by atoms with van der Waals surface area (Å²) in [5.74, 6) is -0.336. The number of nitrogens with zero attached hydrogens (tertiary/aromatic N) is 4.